The molecule has 9 heteroatoms. The molecule has 0 bridgehead atoms. The molecule has 0 atom stereocenters. The molecule has 0 spiro atoms. The van der Waals surface area contributed by atoms with Crippen molar-refractivity contribution in [1.29, 1.82) is 0 Å². The Morgan fingerprint density at radius 1 is 1.16 bits per heavy atom. The fourth-order valence-corrected chi connectivity index (χ4v) is 2.92. The summed E-state index contributed by atoms with van der Waals surface area (Å²) in [5.41, 5.74) is 6.15. The number of rotatable bonds is 7. The number of anilines is 3. The number of hydrogen-bond donors (Lipinski definition) is 3. The van der Waals surface area contributed by atoms with Crippen LogP contribution in [0.15, 0.2) is 42.6 Å². The first kappa shape index (κ1) is 18.5. The van der Waals surface area contributed by atoms with Crippen LogP contribution >= 0.6 is 0 Å². The lowest BCUT2D eigenvalue weighted by Crippen LogP contribution is -2.27. The lowest BCUT2D eigenvalue weighted by Gasteiger charge is -2.11. The van der Waals surface area contributed by atoms with E-state index >= 15 is 0 Å². The molecule has 2 rings (SSSR count). The van der Waals surface area contributed by atoms with Gasteiger partial charge < -0.3 is 15.8 Å². The highest BCUT2D eigenvalue weighted by Crippen LogP contribution is 2.18. The maximum absolute atomic E-state index is 12.1. The molecule has 1 amide bonds. The summed E-state index contributed by atoms with van der Waals surface area (Å²) in [6.07, 6.45) is 1.37. The highest BCUT2D eigenvalue weighted by Gasteiger charge is 2.17. The summed E-state index contributed by atoms with van der Waals surface area (Å²) in [6, 6.07) is 9.47. The van der Waals surface area contributed by atoms with Crippen molar-refractivity contribution in [3.63, 3.8) is 0 Å². The Morgan fingerprint density at radius 2 is 1.80 bits per heavy atom. The predicted octanol–water partition coefficient (Wildman–Crippen LogP) is 1.83. The molecule has 4 N–H and O–H groups in total. The molecule has 0 fully saturated rings. The lowest BCUT2D eigenvalue weighted by atomic mass is 10.3. The van der Waals surface area contributed by atoms with Gasteiger partial charge in [0, 0.05) is 5.69 Å². The second-order valence-electron chi connectivity index (χ2n) is 5.57. The fourth-order valence-electron chi connectivity index (χ4n) is 1.94. The Kier molecular flexibility index (Phi) is 5.81. The van der Waals surface area contributed by atoms with E-state index < -0.39 is 21.7 Å². The van der Waals surface area contributed by atoms with Crippen LogP contribution in [0.5, 0.6) is 5.75 Å². The molecule has 1 aromatic heterocycles. The van der Waals surface area contributed by atoms with Crippen molar-refractivity contribution in [2.75, 3.05) is 21.5 Å². The Hall–Kier alpha value is -2.81. The summed E-state index contributed by atoms with van der Waals surface area (Å²) >= 11 is 0. The molecule has 0 aliphatic rings. The van der Waals surface area contributed by atoms with Crippen molar-refractivity contribution >= 4 is 33.1 Å². The van der Waals surface area contributed by atoms with E-state index in [1.54, 1.807) is 24.3 Å². The minimum atomic E-state index is -3.85. The topological polar surface area (TPSA) is 123 Å². The van der Waals surface area contributed by atoms with E-state index in [1.165, 1.54) is 18.3 Å². The van der Waals surface area contributed by atoms with Crippen LogP contribution in [-0.4, -0.2) is 31.2 Å². The van der Waals surface area contributed by atoms with Crippen molar-refractivity contribution < 1.29 is 17.9 Å². The van der Waals surface area contributed by atoms with Crippen LogP contribution in [-0.2, 0) is 14.8 Å². The maximum atomic E-state index is 12.1. The van der Waals surface area contributed by atoms with Gasteiger partial charge in [0.05, 0.1) is 18.0 Å². The Balaban J connectivity index is 1.94. The standard InChI is InChI=1S/C16H20N4O4S/c1-11(2)24-14-6-3-12(4-7-14)20-25(22,23)10-16(21)19-13-5-8-15(17)18-9-13/h3-9,11,20H,10H2,1-2H3,(H2,17,18)(H,19,21). The molecular weight excluding hydrogens is 344 g/mol. The molecule has 1 aromatic carbocycles. The lowest BCUT2D eigenvalue weighted by molar-refractivity contribution is -0.113. The van der Waals surface area contributed by atoms with Crippen molar-refractivity contribution in [1.82, 2.24) is 4.98 Å². The summed E-state index contributed by atoms with van der Waals surface area (Å²) in [5, 5.41) is 2.45. The summed E-state index contributed by atoms with van der Waals surface area (Å²) < 4.78 is 32.0. The maximum Gasteiger partial charge on any atom is 0.241 e. The van der Waals surface area contributed by atoms with E-state index in [4.69, 9.17) is 10.5 Å². The second kappa shape index (κ2) is 7.84. The van der Waals surface area contributed by atoms with E-state index in [1.807, 2.05) is 13.8 Å². The number of sulfonamides is 1. The third-order valence-corrected chi connectivity index (χ3v) is 4.08. The predicted molar refractivity (Wildman–Crippen MR) is 96.9 cm³/mol. The van der Waals surface area contributed by atoms with Crippen molar-refractivity contribution in [2.24, 2.45) is 0 Å². The summed E-state index contributed by atoms with van der Waals surface area (Å²) in [5.74, 6) is -0.468. The SMILES string of the molecule is CC(C)Oc1ccc(NS(=O)(=O)CC(=O)Nc2ccc(N)nc2)cc1. The molecule has 134 valence electrons. The van der Waals surface area contributed by atoms with Gasteiger partial charge in [-0.2, -0.15) is 0 Å². The first-order valence-corrected chi connectivity index (χ1v) is 9.17. The second-order valence-corrected chi connectivity index (χ2v) is 7.29. The monoisotopic (exact) mass is 364 g/mol. The van der Waals surface area contributed by atoms with Gasteiger partial charge in [0.2, 0.25) is 15.9 Å². The number of ether oxygens (including phenoxy) is 1. The minimum absolute atomic E-state index is 0.0223. The van der Waals surface area contributed by atoms with Crippen LogP contribution in [0, 0.1) is 0 Å². The largest absolute Gasteiger partial charge is 0.491 e. The number of nitrogens with one attached hydrogen (secondary N) is 2. The number of nitrogen functional groups attached to an aromatic ring is 1. The molecule has 0 saturated heterocycles. The molecule has 0 radical (unpaired) electrons. The van der Waals surface area contributed by atoms with Gasteiger partial charge in [-0.1, -0.05) is 0 Å². The third-order valence-electron chi connectivity index (χ3n) is 2.89. The highest BCUT2D eigenvalue weighted by atomic mass is 32.2. The van der Waals surface area contributed by atoms with Gasteiger partial charge in [0.15, 0.2) is 0 Å². The number of carbonyl (C=O) groups is 1. The number of hydrogen-bond acceptors (Lipinski definition) is 6. The average molecular weight is 364 g/mol. The first-order chi connectivity index (χ1) is 11.7. The van der Waals surface area contributed by atoms with E-state index in [9.17, 15) is 13.2 Å². The third kappa shape index (κ3) is 6.30. The van der Waals surface area contributed by atoms with E-state index in [2.05, 4.69) is 15.0 Å². The van der Waals surface area contributed by atoms with Crippen molar-refractivity contribution in [3.8, 4) is 5.75 Å². The van der Waals surface area contributed by atoms with Crippen LogP contribution in [0.3, 0.4) is 0 Å². The Labute approximate surface area is 146 Å². The van der Waals surface area contributed by atoms with Gasteiger partial charge in [-0.05, 0) is 50.2 Å². The van der Waals surface area contributed by atoms with Crippen LogP contribution in [0.1, 0.15) is 13.8 Å². The first-order valence-electron chi connectivity index (χ1n) is 7.52. The van der Waals surface area contributed by atoms with E-state index in [-0.39, 0.29) is 6.10 Å². The molecule has 25 heavy (non-hydrogen) atoms. The van der Waals surface area contributed by atoms with Crippen molar-refractivity contribution in [3.05, 3.63) is 42.6 Å². The van der Waals surface area contributed by atoms with Gasteiger partial charge in [0.25, 0.3) is 0 Å². The van der Waals surface area contributed by atoms with Crippen LogP contribution in [0.4, 0.5) is 17.2 Å². The average Bonchev–Trinajstić information content (AvgIpc) is 2.50. The zero-order chi connectivity index (χ0) is 18.4. The van der Waals surface area contributed by atoms with Gasteiger partial charge in [-0.3, -0.25) is 9.52 Å². The zero-order valence-corrected chi connectivity index (χ0v) is 14.7. The van der Waals surface area contributed by atoms with Gasteiger partial charge in [-0.25, -0.2) is 13.4 Å². The molecular formula is C16H20N4O4S. The number of benzene rings is 1. The highest BCUT2D eigenvalue weighted by molar-refractivity contribution is 7.93. The molecule has 1 heterocycles. The Morgan fingerprint density at radius 3 is 2.36 bits per heavy atom. The van der Waals surface area contributed by atoms with Crippen molar-refractivity contribution in [2.45, 2.75) is 20.0 Å². The number of amides is 1. The summed E-state index contributed by atoms with van der Waals surface area (Å²) in [7, 11) is -3.85. The van der Waals surface area contributed by atoms with Gasteiger partial charge >= 0.3 is 0 Å². The molecule has 2 aromatic rings. The number of pyridine rings is 1. The number of nitrogens with two attached hydrogens (primary N) is 1. The number of aromatic nitrogens is 1. The van der Waals surface area contributed by atoms with Gasteiger partial charge in [-0.15, -0.1) is 0 Å². The fraction of sp³-hybridized carbons (Fsp3) is 0.250. The van der Waals surface area contributed by atoms with E-state index in [0.717, 1.165) is 0 Å². The minimum Gasteiger partial charge on any atom is -0.491 e. The molecule has 0 unspecified atom stereocenters. The quantitative estimate of drug-likeness (QED) is 0.689. The van der Waals surface area contributed by atoms with Gasteiger partial charge in [0.1, 0.15) is 17.3 Å². The zero-order valence-electron chi connectivity index (χ0n) is 13.9. The van der Waals surface area contributed by atoms with Crippen LogP contribution < -0.4 is 20.5 Å². The molecule has 0 aliphatic carbocycles. The van der Waals surface area contributed by atoms with E-state index in [0.29, 0.717) is 22.9 Å². The Bertz CT molecular complexity index is 818. The molecule has 0 aliphatic heterocycles. The molecule has 0 saturated carbocycles. The summed E-state index contributed by atoms with van der Waals surface area (Å²) in [4.78, 5) is 15.7. The number of nitrogens with zero attached hydrogens (tertiary/aromatic N) is 1. The van der Waals surface area contributed by atoms with Crippen LogP contribution in [0.25, 0.3) is 0 Å². The number of carbonyl (C=O) groups excluding carboxylic acids is 1. The summed E-state index contributed by atoms with van der Waals surface area (Å²) in [6.45, 7) is 3.79. The normalized spacial score (nSPS) is 11.2. The van der Waals surface area contributed by atoms with Crippen LogP contribution in [0.2, 0.25) is 0 Å². The molecule has 8 nitrogen and oxygen atoms in total. The smallest absolute Gasteiger partial charge is 0.241 e.